The summed E-state index contributed by atoms with van der Waals surface area (Å²) in [5.41, 5.74) is 8.27. The van der Waals surface area contributed by atoms with Gasteiger partial charge in [-0.25, -0.2) is 4.98 Å². The molecule has 1 aliphatic rings. The molecule has 1 aromatic heterocycles. The standard InChI is InChI=1S/C16H24N4/c1-12-19-15-4-2-3-5-16(15)20(12)11-10-18-14-8-6-13(17)7-9-14/h2-5,13-14,18H,6-11,17H2,1H3. The Hall–Kier alpha value is -1.39. The summed E-state index contributed by atoms with van der Waals surface area (Å²) in [6.07, 6.45) is 4.74. The molecule has 0 spiro atoms. The number of imidazole rings is 1. The molecule has 0 unspecified atom stereocenters. The van der Waals surface area contributed by atoms with E-state index in [0.717, 1.165) is 37.3 Å². The van der Waals surface area contributed by atoms with Crippen LogP contribution in [0, 0.1) is 6.92 Å². The van der Waals surface area contributed by atoms with E-state index in [0.29, 0.717) is 12.1 Å². The summed E-state index contributed by atoms with van der Waals surface area (Å²) in [6, 6.07) is 9.42. The summed E-state index contributed by atoms with van der Waals surface area (Å²) in [6.45, 7) is 4.07. The third kappa shape index (κ3) is 2.86. The average molecular weight is 272 g/mol. The van der Waals surface area contributed by atoms with Crippen LogP contribution in [0.25, 0.3) is 11.0 Å². The van der Waals surface area contributed by atoms with E-state index in [-0.39, 0.29) is 0 Å². The first-order chi connectivity index (χ1) is 9.74. The van der Waals surface area contributed by atoms with Gasteiger partial charge in [-0.15, -0.1) is 0 Å². The molecule has 4 nitrogen and oxygen atoms in total. The van der Waals surface area contributed by atoms with E-state index in [9.17, 15) is 0 Å². The Kier molecular flexibility index (Phi) is 4.03. The molecule has 0 atom stereocenters. The molecular formula is C16H24N4. The second kappa shape index (κ2) is 5.94. The van der Waals surface area contributed by atoms with Gasteiger partial charge in [0.05, 0.1) is 11.0 Å². The van der Waals surface area contributed by atoms with Gasteiger partial charge in [0.15, 0.2) is 0 Å². The number of nitrogens with two attached hydrogens (primary N) is 1. The number of hydrogen-bond acceptors (Lipinski definition) is 3. The van der Waals surface area contributed by atoms with Gasteiger partial charge in [0.25, 0.3) is 0 Å². The maximum absolute atomic E-state index is 5.94. The Morgan fingerprint density at radius 1 is 1.25 bits per heavy atom. The molecule has 0 radical (unpaired) electrons. The molecule has 1 saturated carbocycles. The SMILES string of the molecule is Cc1nc2ccccc2n1CCNC1CCC(N)CC1. The quantitative estimate of drug-likeness (QED) is 0.897. The molecule has 1 aliphatic carbocycles. The minimum absolute atomic E-state index is 0.424. The number of rotatable bonds is 4. The van der Waals surface area contributed by atoms with Gasteiger partial charge in [-0.1, -0.05) is 12.1 Å². The second-order valence-electron chi connectivity index (χ2n) is 5.87. The molecule has 3 N–H and O–H groups in total. The summed E-state index contributed by atoms with van der Waals surface area (Å²) in [5.74, 6) is 1.10. The molecule has 1 aromatic carbocycles. The lowest BCUT2D eigenvalue weighted by Gasteiger charge is -2.27. The summed E-state index contributed by atoms with van der Waals surface area (Å²) in [4.78, 5) is 4.61. The Balaban J connectivity index is 1.59. The highest BCUT2D eigenvalue weighted by Crippen LogP contribution is 2.17. The van der Waals surface area contributed by atoms with E-state index in [1.807, 2.05) is 6.07 Å². The highest BCUT2D eigenvalue weighted by Gasteiger charge is 2.17. The number of nitrogens with zero attached hydrogens (tertiary/aromatic N) is 2. The lowest BCUT2D eigenvalue weighted by molar-refractivity contribution is 0.339. The molecule has 0 saturated heterocycles. The predicted octanol–water partition coefficient (Wildman–Crippen LogP) is 2.20. The van der Waals surface area contributed by atoms with Crippen molar-refractivity contribution in [1.82, 2.24) is 14.9 Å². The molecule has 3 rings (SSSR count). The van der Waals surface area contributed by atoms with E-state index in [1.54, 1.807) is 0 Å². The minimum Gasteiger partial charge on any atom is -0.328 e. The summed E-state index contributed by atoms with van der Waals surface area (Å²) in [5, 5.41) is 3.67. The van der Waals surface area contributed by atoms with Crippen LogP contribution in [0.1, 0.15) is 31.5 Å². The number of fused-ring (bicyclic) bond motifs is 1. The highest BCUT2D eigenvalue weighted by atomic mass is 15.1. The van der Waals surface area contributed by atoms with E-state index < -0.39 is 0 Å². The third-order valence-corrected chi connectivity index (χ3v) is 4.39. The molecular weight excluding hydrogens is 248 g/mol. The van der Waals surface area contributed by atoms with Gasteiger partial charge in [0, 0.05) is 25.2 Å². The smallest absolute Gasteiger partial charge is 0.106 e. The van der Waals surface area contributed by atoms with Crippen molar-refractivity contribution in [3.8, 4) is 0 Å². The number of para-hydroxylation sites is 2. The average Bonchev–Trinajstić information content (AvgIpc) is 2.77. The monoisotopic (exact) mass is 272 g/mol. The van der Waals surface area contributed by atoms with Crippen LogP contribution in [0.2, 0.25) is 0 Å². The summed E-state index contributed by atoms with van der Waals surface area (Å²) in [7, 11) is 0. The van der Waals surface area contributed by atoms with E-state index >= 15 is 0 Å². The van der Waals surface area contributed by atoms with Gasteiger partial charge in [-0.2, -0.15) is 0 Å². The minimum atomic E-state index is 0.424. The number of nitrogens with one attached hydrogen (secondary N) is 1. The molecule has 4 heteroatoms. The van der Waals surface area contributed by atoms with Crippen LogP contribution in [-0.2, 0) is 6.54 Å². The Morgan fingerprint density at radius 2 is 2.00 bits per heavy atom. The van der Waals surface area contributed by atoms with Crippen molar-refractivity contribution in [3.63, 3.8) is 0 Å². The largest absolute Gasteiger partial charge is 0.328 e. The molecule has 108 valence electrons. The van der Waals surface area contributed by atoms with Gasteiger partial charge in [-0.3, -0.25) is 0 Å². The van der Waals surface area contributed by atoms with E-state index in [4.69, 9.17) is 5.73 Å². The van der Waals surface area contributed by atoms with Crippen LogP contribution >= 0.6 is 0 Å². The fraction of sp³-hybridized carbons (Fsp3) is 0.562. The number of aromatic nitrogens is 2. The van der Waals surface area contributed by atoms with Crippen molar-refractivity contribution in [2.45, 2.75) is 51.2 Å². The van der Waals surface area contributed by atoms with Crippen molar-refractivity contribution in [2.24, 2.45) is 5.73 Å². The van der Waals surface area contributed by atoms with Gasteiger partial charge in [-0.05, 0) is 44.7 Å². The molecule has 1 fully saturated rings. The molecule has 1 heterocycles. The second-order valence-corrected chi connectivity index (χ2v) is 5.87. The van der Waals surface area contributed by atoms with Crippen LogP contribution in [0.4, 0.5) is 0 Å². The first-order valence-electron chi connectivity index (χ1n) is 7.65. The maximum Gasteiger partial charge on any atom is 0.106 e. The van der Waals surface area contributed by atoms with Crippen LogP contribution in [0.5, 0.6) is 0 Å². The normalized spacial score (nSPS) is 23.3. The number of benzene rings is 1. The third-order valence-electron chi connectivity index (χ3n) is 4.39. The Morgan fingerprint density at radius 3 is 2.80 bits per heavy atom. The number of hydrogen-bond donors (Lipinski definition) is 2. The lowest BCUT2D eigenvalue weighted by Crippen LogP contribution is -2.38. The van der Waals surface area contributed by atoms with Crippen LogP contribution in [0.15, 0.2) is 24.3 Å². The lowest BCUT2D eigenvalue weighted by atomic mass is 9.92. The molecule has 2 aromatic rings. The molecule has 20 heavy (non-hydrogen) atoms. The van der Waals surface area contributed by atoms with Crippen molar-refractivity contribution in [2.75, 3.05) is 6.54 Å². The number of aryl methyl sites for hydroxylation is 1. The fourth-order valence-corrected chi connectivity index (χ4v) is 3.18. The van der Waals surface area contributed by atoms with Gasteiger partial charge < -0.3 is 15.6 Å². The topological polar surface area (TPSA) is 55.9 Å². The first-order valence-corrected chi connectivity index (χ1v) is 7.65. The zero-order valence-electron chi connectivity index (χ0n) is 12.2. The zero-order chi connectivity index (χ0) is 13.9. The van der Waals surface area contributed by atoms with Gasteiger partial charge in [0.1, 0.15) is 5.82 Å². The van der Waals surface area contributed by atoms with Crippen molar-refractivity contribution >= 4 is 11.0 Å². The van der Waals surface area contributed by atoms with Crippen molar-refractivity contribution in [3.05, 3.63) is 30.1 Å². The highest BCUT2D eigenvalue weighted by molar-refractivity contribution is 5.75. The van der Waals surface area contributed by atoms with Gasteiger partial charge in [0.2, 0.25) is 0 Å². The molecule has 0 aliphatic heterocycles. The van der Waals surface area contributed by atoms with Crippen LogP contribution < -0.4 is 11.1 Å². The Labute approximate surface area is 120 Å². The molecule has 0 amide bonds. The predicted molar refractivity (Wildman–Crippen MR) is 82.7 cm³/mol. The van der Waals surface area contributed by atoms with Gasteiger partial charge >= 0.3 is 0 Å². The maximum atomic E-state index is 5.94. The van der Waals surface area contributed by atoms with Crippen molar-refractivity contribution in [1.29, 1.82) is 0 Å². The Bertz CT molecular complexity index is 567. The van der Waals surface area contributed by atoms with Crippen LogP contribution in [0.3, 0.4) is 0 Å². The van der Waals surface area contributed by atoms with Crippen LogP contribution in [-0.4, -0.2) is 28.2 Å². The zero-order valence-corrected chi connectivity index (χ0v) is 12.2. The van der Waals surface area contributed by atoms with E-state index in [1.165, 1.54) is 18.4 Å². The van der Waals surface area contributed by atoms with E-state index in [2.05, 4.69) is 40.0 Å². The fourth-order valence-electron chi connectivity index (χ4n) is 3.18. The summed E-state index contributed by atoms with van der Waals surface area (Å²) < 4.78 is 2.30. The van der Waals surface area contributed by atoms with Crippen molar-refractivity contribution < 1.29 is 0 Å². The molecule has 0 bridgehead atoms. The first kappa shape index (κ1) is 13.6. The summed E-state index contributed by atoms with van der Waals surface area (Å²) >= 11 is 0.